The maximum absolute atomic E-state index is 13.8. The van der Waals surface area contributed by atoms with Crippen LogP contribution in [0.5, 0.6) is 0 Å². The Kier molecular flexibility index (Phi) is 6.33. The number of hydrogen-bond donors (Lipinski definition) is 2. The van der Waals surface area contributed by atoms with E-state index in [1.807, 2.05) is 25.2 Å². The van der Waals surface area contributed by atoms with Crippen molar-refractivity contribution in [2.45, 2.75) is 41.4 Å². The smallest absolute Gasteiger partial charge is 0.329 e. The summed E-state index contributed by atoms with van der Waals surface area (Å²) in [4.78, 5) is 25.4. The van der Waals surface area contributed by atoms with Crippen molar-refractivity contribution in [2.24, 2.45) is 13.0 Å². The third-order valence-corrected chi connectivity index (χ3v) is 9.68. The van der Waals surface area contributed by atoms with Crippen LogP contribution in [0.25, 0.3) is 10.9 Å². The van der Waals surface area contributed by atoms with Crippen molar-refractivity contribution in [3.63, 3.8) is 0 Å². The van der Waals surface area contributed by atoms with E-state index in [4.69, 9.17) is 5.73 Å². The van der Waals surface area contributed by atoms with Crippen molar-refractivity contribution in [3.8, 4) is 0 Å². The Balaban J connectivity index is 1.11. The molecule has 1 aromatic heterocycles. The topological polar surface area (TPSA) is 127 Å². The minimum Gasteiger partial charge on any atom is -0.396 e. The molecular formula is C29H28FN5O4S. The number of imide groups is 1. The SMILES string of the molecule is Cn1nc(N2CCC(=O)NC2=O)c2ccc(C3CC(Cc4ccc(S(=O)(=O)c5ccc(N)c(F)c5)cc4)C3)cc21. The number of sulfone groups is 1. The van der Waals surface area contributed by atoms with Crippen LogP contribution < -0.4 is 16.0 Å². The van der Waals surface area contributed by atoms with Gasteiger partial charge in [0.15, 0.2) is 5.82 Å². The van der Waals surface area contributed by atoms with Crippen molar-refractivity contribution in [1.29, 1.82) is 0 Å². The number of urea groups is 1. The zero-order valence-electron chi connectivity index (χ0n) is 21.8. The fourth-order valence-corrected chi connectivity index (χ4v) is 6.87. The number of nitrogens with two attached hydrogens (primary N) is 1. The van der Waals surface area contributed by atoms with Gasteiger partial charge in [-0.15, -0.1) is 0 Å². The molecule has 40 heavy (non-hydrogen) atoms. The van der Waals surface area contributed by atoms with Crippen molar-refractivity contribution >= 4 is 44.2 Å². The number of halogens is 1. The van der Waals surface area contributed by atoms with Crippen molar-refractivity contribution in [3.05, 3.63) is 77.6 Å². The summed E-state index contributed by atoms with van der Waals surface area (Å²) < 4.78 is 41.4. The van der Waals surface area contributed by atoms with Crippen LogP contribution in [0, 0.1) is 11.7 Å². The molecule has 1 saturated carbocycles. The van der Waals surface area contributed by atoms with Gasteiger partial charge in [0.1, 0.15) is 5.82 Å². The summed E-state index contributed by atoms with van der Waals surface area (Å²) in [6, 6.07) is 16.1. The van der Waals surface area contributed by atoms with E-state index in [1.165, 1.54) is 22.6 Å². The van der Waals surface area contributed by atoms with Crippen LogP contribution in [-0.2, 0) is 28.1 Å². The second-order valence-electron chi connectivity index (χ2n) is 10.5. The molecular weight excluding hydrogens is 533 g/mol. The predicted octanol–water partition coefficient (Wildman–Crippen LogP) is 4.31. The number of amides is 3. The van der Waals surface area contributed by atoms with Gasteiger partial charge in [0, 0.05) is 25.4 Å². The number of nitrogens with zero attached hydrogens (tertiary/aromatic N) is 3. The van der Waals surface area contributed by atoms with Gasteiger partial charge < -0.3 is 5.73 Å². The summed E-state index contributed by atoms with van der Waals surface area (Å²) in [6.07, 6.45) is 3.11. The lowest BCUT2D eigenvalue weighted by Gasteiger charge is -2.36. The van der Waals surface area contributed by atoms with E-state index < -0.39 is 21.7 Å². The van der Waals surface area contributed by atoms with E-state index in [9.17, 15) is 22.4 Å². The van der Waals surface area contributed by atoms with Crippen LogP contribution >= 0.6 is 0 Å². The zero-order chi connectivity index (χ0) is 28.2. The molecule has 206 valence electrons. The van der Waals surface area contributed by atoms with E-state index in [2.05, 4.69) is 22.5 Å². The third kappa shape index (κ3) is 4.60. The average Bonchev–Trinajstić information content (AvgIpc) is 3.23. The molecule has 0 spiro atoms. The molecule has 0 unspecified atom stereocenters. The highest BCUT2D eigenvalue weighted by molar-refractivity contribution is 7.91. The number of nitrogens with one attached hydrogen (secondary N) is 1. The number of nitrogen functional groups attached to an aromatic ring is 1. The lowest BCUT2D eigenvalue weighted by Crippen LogP contribution is -2.49. The van der Waals surface area contributed by atoms with Crippen molar-refractivity contribution in [2.75, 3.05) is 17.2 Å². The van der Waals surface area contributed by atoms with E-state index >= 15 is 0 Å². The van der Waals surface area contributed by atoms with Gasteiger partial charge in [-0.3, -0.25) is 19.7 Å². The van der Waals surface area contributed by atoms with Crippen LogP contribution in [0.15, 0.2) is 70.5 Å². The van der Waals surface area contributed by atoms with E-state index in [1.54, 1.807) is 16.8 Å². The van der Waals surface area contributed by atoms with Gasteiger partial charge in [-0.1, -0.05) is 18.2 Å². The number of benzene rings is 3. The second-order valence-corrected chi connectivity index (χ2v) is 12.5. The highest BCUT2D eigenvalue weighted by atomic mass is 32.2. The molecule has 9 nitrogen and oxygen atoms in total. The molecule has 6 rings (SSSR count). The maximum atomic E-state index is 13.8. The molecule has 4 aromatic rings. The third-order valence-electron chi connectivity index (χ3n) is 7.91. The predicted molar refractivity (Wildman–Crippen MR) is 148 cm³/mol. The van der Waals surface area contributed by atoms with Crippen LogP contribution in [0.3, 0.4) is 0 Å². The minimum absolute atomic E-state index is 0.0941. The molecule has 2 fully saturated rings. The average molecular weight is 562 g/mol. The summed E-state index contributed by atoms with van der Waals surface area (Å²) in [6.45, 7) is 0.301. The van der Waals surface area contributed by atoms with Gasteiger partial charge >= 0.3 is 6.03 Å². The molecule has 1 aliphatic carbocycles. The summed E-state index contributed by atoms with van der Waals surface area (Å²) in [5.41, 5.74) is 8.58. The maximum Gasteiger partial charge on any atom is 0.329 e. The lowest BCUT2D eigenvalue weighted by molar-refractivity contribution is -0.120. The fraction of sp³-hybridized carbons (Fsp3) is 0.276. The molecule has 2 heterocycles. The normalized spacial score (nSPS) is 19.5. The number of anilines is 2. The highest BCUT2D eigenvalue weighted by Crippen LogP contribution is 2.44. The Labute approximate surface area is 230 Å². The first-order valence-corrected chi connectivity index (χ1v) is 14.6. The summed E-state index contributed by atoms with van der Waals surface area (Å²) >= 11 is 0. The largest absolute Gasteiger partial charge is 0.396 e. The Bertz CT molecular complexity index is 1760. The fourth-order valence-electron chi connectivity index (χ4n) is 5.60. The lowest BCUT2D eigenvalue weighted by atomic mass is 9.69. The number of hydrogen-bond acceptors (Lipinski definition) is 6. The van der Waals surface area contributed by atoms with E-state index in [-0.39, 0.29) is 27.8 Å². The molecule has 3 N–H and O–H groups in total. The molecule has 3 amide bonds. The first kappa shape index (κ1) is 26.0. The first-order valence-electron chi connectivity index (χ1n) is 13.1. The molecule has 0 bridgehead atoms. The second kappa shape index (κ2) is 9.74. The number of fused-ring (bicyclic) bond motifs is 1. The summed E-state index contributed by atoms with van der Waals surface area (Å²) in [5.74, 6) is 0.397. The van der Waals surface area contributed by atoms with Gasteiger partial charge in [0.05, 0.1) is 21.0 Å². The Morgan fingerprint density at radius 3 is 2.45 bits per heavy atom. The van der Waals surface area contributed by atoms with Crippen LogP contribution in [0.4, 0.5) is 20.7 Å². The Hall–Kier alpha value is -4.25. The van der Waals surface area contributed by atoms with Gasteiger partial charge in [-0.2, -0.15) is 5.10 Å². The van der Waals surface area contributed by atoms with Crippen LogP contribution in [0.2, 0.25) is 0 Å². The van der Waals surface area contributed by atoms with Gasteiger partial charge in [-0.05, 0) is 84.7 Å². The number of aryl methyl sites for hydroxylation is 1. The van der Waals surface area contributed by atoms with Gasteiger partial charge in [-0.25, -0.2) is 17.6 Å². The zero-order valence-corrected chi connectivity index (χ0v) is 22.6. The number of carbonyl (C=O) groups is 2. The molecule has 0 radical (unpaired) electrons. The quantitative estimate of drug-likeness (QED) is 0.338. The van der Waals surface area contributed by atoms with E-state index in [0.29, 0.717) is 24.2 Å². The first-order chi connectivity index (χ1) is 19.1. The molecule has 0 atom stereocenters. The van der Waals surface area contributed by atoms with Crippen LogP contribution in [0.1, 0.15) is 36.3 Å². The van der Waals surface area contributed by atoms with Crippen molar-refractivity contribution in [1.82, 2.24) is 15.1 Å². The minimum atomic E-state index is -3.84. The summed E-state index contributed by atoms with van der Waals surface area (Å²) in [7, 11) is -1.99. The summed E-state index contributed by atoms with van der Waals surface area (Å²) in [5, 5.41) is 7.77. The standard InChI is InChI=1S/C29H28FN5O4S/c1-34-26-15-19(4-8-23(26)28(33-34)35-11-10-27(36)32-29(35)37)20-13-18(14-20)12-17-2-5-21(6-3-17)40(38,39)22-7-9-25(31)24(30)16-22/h2-9,15-16,18,20H,10-14,31H2,1H3,(H,32,36,37). The Morgan fingerprint density at radius 1 is 1.02 bits per heavy atom. The van der Waals surface area contributed by atoms with Gasteiger partial charge in [0.2, 0.25) is 15.7 Å². The highest BCUT2D eigenvalue weighted by Gasteiger charge is 2.32. The number of carbonyl (C=O) groups excluding carboxylic acids is 2. The number of aromatic nitrogens is 2. The monoisotopic (exact) mass is 561 g/mol. The van der Waals surface area contributed by atoms with Crippen molar-refractivity contribution < 1.29 is 22.4 Å². The molecule has 3 aromatic carbocycles. The number of rotatable bonds is 6. The molecule has 1 aliphatic heterocycles. The van der Waals surface area contributed by atoms with Crippen LogP contribution in [-0.4, -0.2) is 36.7 Å². The van der Waals surface area contributed by atoms with E-state index in [0.717, 1.165) is 41.8 Å². The molecule has 2 aliphatic rings. The molecule has 11 heteroatoms. The van der Waals surface area contributed by atoms with Gasteiger partial charge in [0.25, 0.3) is 0 Å². The Morgan fingerprint density at radius 2 is 1.75 bits per heavy atom. The molecule has 1 saturated heterocycles.